The number of thiophene rings is 1. The summed E-state index contributed by atoms with van der Waals surface area (Å²) in [4.78, 5) is 25.9. The Balaban J connectivity index is 0.000000339. The molecule has 2 aromatic rings. The number of ether oxygens (including phenoxy) is 1. The highest BCUT2D eigenvalue weighted by molar-refractivity contribution is 7.11. The molecular weight excluding hydrogens is 433 g/mol. The molecule has 2 aliphatic rings. The van der Waals surface area contributed by atoms with E-state index in [4.69, 9.17) is 14.6 Å². The predicted octanol–water partition coefficient (Wildman–Crippen LogP) is 2.92. The average Bonchev–Trinajstić information content (AvgIpc) is 3.03. The second kappa shape index (κ2) is 10.4. The van der Waals surface area contributed by atoms with E-state index < -0.39 is 12.1 Å². The molecule has 4 rings (SSSR count). The van der Waals surface area contributed by atoms with Gasteiger partial charge in [0.15, 0.2) is 0 Å². The highest BCUT2D eigenvalue weighted by Gasteiger charge is 2.38. The summed E-state index contributed by atoms with van der Waals surface area (Å²) in [5.41, 5.74) is 2.58. The summed E-state index contributed by atoms with van der Waals surface area (Å²) >= 11 is 1.91. The number of rotatable bonds is 3. The first-order chi connectivity index (χ1) is 14.7. The largest absolute Gasteiger partial charge is 0.490 e. The first kappa shape index (κ1) is 23.4. The second-order valence-electron chi connectivity index (χ2n) is 7.31. The van der Waals surface area contributed by atoms with E-state index in [1.165, 1.54) is 21.0 Å². The van der Waals surface area contributed by atoms with Crippen molar-refractivity contribution in [3.63, 3.8) is 0 Å². The number of halogens is 3. The van der Waals surface area contributed by atoms with Crippen molar-refractivity contribution in [1.29, 1.82) is 0 Å². The standard InChI is InChI=1S/C18H24N4OS.C2HF3O2/c1-14-2-3-15(24-14)12-21-6-4-16-17(5-7-21)19-13-20-18(16)22-8-10-23-11-9-22;3-2(4,5)1(6)7/h2-3,13H,4-12H2,1H3;(H,6,7). The molecule has 0 aliphatic carbocycles. The number of carboxylic acid groups (broad SMARTS) is 1. The third kappa shape index (κ3) is 6.62. The zero-order chi connectivity index (χ0) is 22.4. The van der Waals surface area contributed by atoms with Gasteiger partial charge in [0.2, 0.25) is 0 Å². The van der Waals surface area contributed by atoms with Crippen LogP contribution in [0, 0.1) is 6.92 Å². The lowest BCUT2D eigenvalue weighted by Crippen LogP contribution is -2.37. The summed E-state index contributed by atoms with van der Waals surface area (Å²) in [6, 6.07) is 4.48. The number of carbonyl (C=O) groups is 1. The van der Waals surface area contributed by atoms with Crippen molar-refractivity contribution >= 4 is 23.1 Å². The number of aromatic nitrogens is 2. The summed E-state index contributed by atoms with van der Waals surface area (Å²) in [6.07, 6.45) is -1.30. The van der Waals surface area contributed by atoms with E-state index in [2.05, 4.69) is 38.8 Å². The minimum absolute atomic E-state index is 0.794. The fourth-order valence-electron chi connectivity index (χ4n) is 3.55. The van der Waals surface area contributed by atoms with Gasteiger partial charge in [0.1, 0.15) is 12.1 Å². The van der Waals surface area contributed by atoms with Gasteiger partial charge >= 0.3 is 12.1 Å². The van der Waals surface area contributed by atoms with Crippen LogP contribution in [0.2, 0.25) is 0 Å². The van der Waals surface area contributed by atoms with E-state index in [0.717, 1.165) is 64.6 Å². The number of aryl methyl sites for hydroxylation is 1. The third-order valence-electron chi connectivity index (χ3n) is 5.08. The summed E-state index contributed by atoms with van der Waals surface area (Å²) in [5, 5.41) is 7.12. The number of hydrogen-bond acceptors (Lipinski definition) is 7. The van der Waals surface area contributed by atoms with Gasteiger partial charge in [0.05, 0.1) is 18.9 Å². The highest BCUT2D eigenvalue weighted by atomic mass is 32.1. The lowest BCUT2D eigenvalue weighted by Gasteiger charge is -2.29. The molecule has 31 heavy (non-hydrogen) atoms. The molecular formula is C20H25F3N4O3S. The van der Waals surface area contributed by atoms with Crippen LogP contribution in [0.4, 0.5) is 19.0 Å². The molecule has 1 fully saturated rings. The lowest BCUT2D eigenvalue weighted by molar-refractivity contribution is -0.192. The van der Waals surface area contributed by atoms with E-state index in [0.29, 0.717) is 0 Å². The van der Waals surface area contributed by atoms with Crippen LogP contribution < -0.4 is 4.90 Å². The SMILES string of the molecule is Cc1ccc(CN2CCc3ncnc(N4CCOCC4)c3CC2)s1.O=C(O)C(F)(F)F. The van der Waals surface area contributed by atoms with Crippen molar-refractivity contribution < 1.29 is 27.8 Å². The Hall–Kier alpha value is -2.24. The van der Waals surface area contributed by atoms with Crippen molar-refractivity contribution in [2.45, 2.75) is 32.5 Å². The molecule has 0 saturated carbocycles. The number of aliphatic carboxylic acids is 1. The maximum absolute atomic E-state index is 10.6. The molecule has 0 spiro atoms. The van der Waals surface area contributed by atoms with E-state index in [9.17, 15) is 13.2 Å². The Morgan fingerprint density at radius 2 is 1.84 bits per heavy atom. The number of morpholine rings is 1. The van der Waals surface area contributed by atoms with Crippen LogP contribution in [0.15, 0.2) is 18.5 Å². The molecule has 4 heterocycles. The van der Waals surface area contributed by atoms with Gasteiger partial charge in [-0.2, -0.15) is 13.2 Å². The van der Waals surface area contributed by atoms with Crippen LogP contribution in [0.3, 0.4) is 0 Å². The van der Waals surface area contributed by atoms with Gasteiger partial charge in [-0.1, -0.05) is 0 Å². The van der Waals surface area contributed by atoms with Crippen LogP contribution in [-0.4, -0.2) is 71.5 Å². The molecule has 170 valence electrons. The quantitative estimate of drug-likeness (QED) is 0.758. The zero-order valence-corrected chi connectivity index (χ0v) is 18.0. The molecule has 1 N–H and O–H groups in total. The molecule has 0 unspecified atom stereocenters. The molecule has 0 radical (unpaired) electrons. The number of fused-ring (bicyclic) bond motifs is 1. The van der Waals surface area contributed by atoms with E-state index in [1.54, 1.807) is 6.33 Å². The van der Waals surface area contributed by atoms with Crippen LogP contribution in [0.5, 0.6) is 0 Å². The summed E-state index contributed by atoms with van der Waals surface area (Å²) in [6.45, 7) is 8.83. The Morgan fingerprint density at radius 3 is 2.45 bits per heavy atom. The van der Waals surface area contributed by atoms with Gasteiger partial charge in [-0.25, -0.2) is 14.8 Å². The van der Waals surface area contributed by atoms with E-state index >= 15 is 0 Å². The first-order valence-corrected chi connectivity index (χ1v) is 10.8. The van der Waals surface area contributed by atoms with Crippen LogP contribution in [0.25, 0.3) is 0 Å². The average molecular weight is 459 g/mol. The molecule has 0 aromatic carbocycles. The van der Waals surface area contributed by atoms with E-state index in [-0.39, 0.29) is 0 Å². The summed E-state index contributed by atoms with van der Waals surface area (Å²) < 4.78 is 37.2. The first-order valence-electron chi connectivity index (χ1n) is 9.97. The number of carboxylic acids is 1. The van der Waals surface area contributed by atoms with Crippen molar-refractivity contribution in [3.8, 4) is 0 Å². The zero-order valence-electron chi connectivity index (χ0n) is 17.2. The Bertz CT molecular complexity index is 885. The molecule has 7 nitrogen and oxygen atoms in total. The van der Waals surface area contributed by atoms with Crippen molar-refractivity contribution in [2.24, 2.45) is 0 Å². The van der Waals surface area contributed by atoms with Crippen molar-refractivity contribution in [1.82, 2.24) is 14.9 Å². The third-order valence-corrected chi connectivity index (χ3v) is 6.07. The smallest absolute Gasteiger partial charge is 0.475 e. The summed E-state index contributed by atoms with van der Waals surface area (Å²) in [7, 11) is 0. The number of nitrogens with zero attached hydrogens (tertiary/aromatic N) is 4. The molecule has 1 saturated heterocycles. The normalized spacial score (nSPS) is 17.4. The highest BCUT2D eigenvalue weighted by Crippen LogP contribution is 2.25. The summed E-state index contributed by atoms with van der Waals surface area (Å²) in [5.74, 6) is -1.62. The molecule has 2 aliphatic heterocycles. The maximum Gasteiger partial charge on any atom is 0.490 e. The molecule has 0 amide bonds. The minimum Gasteiger partial charge on any atom is -0.475 e. The minimum atomic E-state index is -5.08. The van der Waals surface area contributed by atoms with Gasteiger partial charge in [0, 0.05) is 54.5 Å². The number of hydrogen-bond donors (Lipinski definition) is 1. The lowest BCUT2D eigenvalue weighted by atomic mass is 10.1. The van der Waals surface area contributed by atoms with Crippen molar-refractivity contribution in [2.75, 3.05) is 44.3 Å². The molecule has 0 atom stereocenters. The molecule has 0 bridgehead atoms. The Labute approximate surface area is 182 Å². The van der Waals surface area contributed by atoms with Gasteiger partial charge in [-0.3, -0.25) is 4.90 Å². The second-order valence-corrected chi connectivity index (χ2v) is 8.69. The van der Waals surface area contributed by atoms with Gasteiger partial charge in [0.25, 0.3) is 0 Å². The van der Waals surface area contributed by atoms with Gasteiger partial charge in [-0.05, 0) is 25.5 Å². The fourth-order valence-corrected chi connectivity index (χ4v) is 4.48. The fraction of sp³-hybridized carbons (Fsp3) is 0.550. The number of alkyl halides is 3. The predicted molar refractivity (Wildman–Crippen MR) is 110 cm³/mol. The van der Waals surface area contributed by atoms with Gasteiger partial charge < -0.3 is 14.7 Å². The van der Waals surface area contributed by atoms with Crippen LogP contribution >= 0.6 is 11.3 Å². The molecule has 11 heteroatoms. The van der Waals surface area contributed by atoms with Crippen LogP contribution in [0.1, 0.15) is 21.0 Å². The maximum atomic E-state index is 10.6. The Morgan fingerprint density at radius 1 is 1.16 bits per heavy atom. The van der Waals surface area contributed by atoms with Crippen molar-refractivity contribution in [3.05, 3.63) is 39.5 Å². The number of anilines is 1. The topological polar surface area (TPSA) is 78.8 Å². The van der Waals surface area contributed by atoms with Crippen LogP contribution in [-0.2, 0) is 28.9 Å². The van der Waals surface area contributed by atoms with Gasteiger partial charge in [-0.15, -0.1) is 11.3 Å². The van der Waals surface area contributed by atoms with E-state index in [1.807, 2.05) is 11.3 Å². The monoisotopic (exact) mass is 458 g/mol. The Kier molecular flexibility index (Phi) is 7.84. The molecule has 2 aromatic heterocycles.